The van der Waals surface area contributed by atoms with Gasteiger partial charge in [-0.2, -0.15) is 5.10 Å². The molecule has 6 nitrogen and oxygen atoms in total. The first kappa shape index (κ1) is 13.8. The number of fused-ring (bicyclic) bond motifs is 3. The molecule has 7 heteroatoms. The number of aryl methyl sites for hydroxylation is 1. The highest BCUT2D eigenvalue weighted by molar-refractivity contribution is 6.31. The van der Waals surface area contributed by atoms with E-state index in [9.17, 15) is 4.79 Å². The molecule has 0 unspecified atom stereocenters. The van der Waals surface area contributed by atoms with E-state index >= 15 is 0 Å². The standard InChI is InChI=1S/C16H12ClN5O/c1-10-15(16(23)18-12-5-3-2-4-6-12)20-22-19-13-9-11(17)7-8-14(13)21(10)22/h2-9H,1H3,(H-,18,19,20,23)/p+1. The average molecular weight is 327 g/mol. The van der Waals surface area contributed by atoms with Crippen molar-refractivity contribution < 1.29 is 9.31 Å². The van der Waals surface area contributed by atoms with Gasteiger partial charge in [-0.05, 0) is 31.2 Å². The largest absolute Gasteiger partial charge is 0.319 e. The monoisotopic (exact) mass is 326 g/mol. The first-order valence-electron chi connectivity index (χ1n) is 7.09. The number of aromatic amines is 1. The molecule has 2 aromatic heterocycles. The first-order chi connectivity index (χ1) is 11.1. The van der Waals surface area contributed by atoms with Crippen molar-refractivity contribution >= 4 is 34.2 Å². The Morgan fingerprint density at radius 3 is 2.83 bits per heavy atom. The maximum atomic E-state index is 12.5. The zero-order chi connectivity index (χ0) is 16.0. The number of carbonyl (C=O) groups is 1. The summed E-state index contributed by atoms with van der Waals surface area (Å²) in [4.78, 5) is 12.5. The molecule has 0 spiro atoms. The van der Waals surface area contributed by atoms with Crippen molar-refractivity contribution in [2.24, 2.45) is 0 Å². The quantitative estimate of drug-likeness (QED) is 0.556. The third kappa shape index (κ3) is 2.24. The topological polar surface area (TPSA) is 66.3 Å². The number of hydrogen-bond acceptors (Lipinski definition) is 2. The van der Waals surface area contributed by atoms with Crippen LogP contribution in [-0.2, 0) is 0 Å². The van der Waals surface area contributed by atoms with Gasteiger partial charge in [0.2, 0.25) is 0 Å². The molecule has 0 aliphatic carbocycles. The fraction of sp³-hybridized carbons (Fsp3) is 0.0625. The fourth-order valence-electron chi connectivity index (χ4n) is 2.62. The lowest BCUT2D eigenvalue weighted by molar-refractivity contribution is -0.604. The van der Waals surface area contributed by atoms with Gasteiger partial charge >= 0.3 is 0 Å². The number of benzene rings is 2. The molecule has 0 bridgehead atoms. The van der Waals surface area contributed by atoms with E-state index in [1.54, 1.807) is 6.07 Å². The third-order valence-electron chi connectivity index (χ3n) is 3.70. The smallest absolute Gasteiger partial charge is 0.297 e. The molecule has 4 rings (SSSR count). The lowest BCUT2D eigenvalue weighted by Gasteiger charge is -2.00. The zero-order valence-corrected chi connectivity index (χ0v) is 13.0. The summed E-state index contributed by atoms with van der Waals surface area (Å²) in [6.07, 6.45) is 0. The Hall–Kier alpha value is -2.86. The Bertz CT molecular complexity index is 1030. The van der Waals surface area contributed by atoms with Gasteiger partial charge in [0.05, 0.1) is 4.74 Å². The number of nitrogens with one attached hydrogen (secondary N) is 2. The number of aromatic nitrogens is 4. The Morgan fingerprint density at radius 1 is 1.26 bits per heavy atom. The SMILES string of the molecule is Cc1c(C(=O)Nc2ccccc2)nn2[nH]c3cc(Cl)ccc3[n+]12. The molecule has 114 valence electrons. The second-order valence-corrected chi connectivity index (χ2v) is 5.67. The van der Waals surface area contributed by atoms with Crippen LogP contribution in [0.1, 0.15) is 16.2 Å². The highest BCUT2D eigenvalue weighted by Crippen LogP contribution is 2.16. The molecule has 2 heterocycles. The molecule has 0 saturated heterocycles. The molecule has 0 fully saturated rings. The van der Waals surface area contributed by atoms with Gasteiger partial charge < -0.3 is 5.32 Å². The van der Waals surface area contributed by atoms with Gasteiger partial charge in [-0.25, -0.2) is 0 Å². The number of H-pyrrole nitrogens is 1. The molecule has 2 aromatic carbocycles. The number of hydrogen-bond donors (Lipinski definition) is 2. The van der Waals surface area contributed by atoms with Crippen LogP contribution in [0.3, 0.4) is 0 Å². The maximum Gasteiger partial charge on any atom is 0.297 e. The van der Waals surface area contributed by atoms with Gasteiger partial charge in [-0.1, -0.05) is 29.8 Å². The van der Waals surface area contributed by atoms with E-state index in [2.05, 4.69) is 15.5 Å². The molecule has 0 aliphatic rings. The number of amides is 1. The zero-order valence-electron chi connectivity index (χ0n) is 12.2. The molecule has 1 amide bonds. The number of halogens is 1. The number of rotatable bonds is 2. The lowest BCUT2D eigenvalue weighted by atomic mass is 10.2. The molecular formula is C16H13ClN5O+. The predicted molar refractivity (Wildman–Crippen MR) is 86.8 cm³/mol. The van der Waals surface area contributed by atoms with Crippen LogP contribution in [-0.4, -0.2) is 20.8 Å². The fourth-order valence-corrected chi connectivity index (χ4v) is 2.80. The van der Waals surface area contributed by atoms with E-state index in [1.165, 1.54) is 4.74 Å². The minimum Gasteiger partial charge on any atom is -0.319 e. The Morgan fingerprint density at radius 2 is 2.04 bits per heavy atom. The summed E-state index contributed by atoms with van der Waals surface area (Å²) in [5, 5.41) is 10.9. The molecule has 4 aromatic rings. The summed E-state index contributed by atoms with van der Waals surface area (Å²) in [6, 6.07) is 14.8. The molecule has 0 saturated carbocycles. The van der Waals surface area contributed by atoms with E-state index in [4.69, 9.17) is 11.6 Å². The van der Waals surface area contributed by atoms with Crippen LogP contribution < -0.4 is 9.83 Å². The molecule has 0 radical (unpaired) electrons. The number of para-hydroxylation sites is 1. The van der Waals surface area contributed by atoms with Crippen LogP contribution >= 0.6 is 11.6 Å². The van der Waals surface area contributed by atoms with Crippen LogP contribution in [0.5, 0.6) is 0 Å². The molecule has 0 atom stereocenters. The van der Waals surface area contributed by atoms with Crippen LogP contribution in [0, 0.1) is 6.92 Å². The van der Waals surface area contributed by atoms with Gasteiger partial charge in [-0.15, -0.1) is 4.52 Å². The molecule has 2 N–H and O–H groups in total. The Balaban J connectivity index is 1.79. The van der Waals surface area contributed by atoms with E-state index < -0.39 is 0 Å². The van der Waals surface area contributed by atoms with E-state index in [1.807, 2.05) is 53.9 Å². The summed E-state index contributed by atoms with van der Waals surface area (Å²) in [6.45, 7) is 1.86. The molecule has 0 aliphatic heterocycles. The summed E-state index contributed by atoms with van der Waals surface area (Å²) >= 11 is 6.00. The van der Waals surface area contributed by atoms with Gasteiger partial charge in [-0.3, -0.25) is 4.79 Å². The Kier molecular flexibility index (Phi) is 3.06. The first-order valence-corrected chi connectivity index (χ1v) is 7.46. The normalized spacial score (nSPS) is 11.2. The second-order valence-electron chi connectivity index (χ2n) is 5.23. The summed E-state index contributed by atoms with van der Waals surface area (Å²) < 4.78 is 3.38. The average Bonchev–Trinajstić information content (AvgIpc) is 3.04. The van der Waals surface area contributed by atoms with Crippen molar-refractivity contribution in [2.75, 3.05) is 5.32 Å². The van der Waals surface area contributed by atoms with Gasteiger partial charge in [0.15, 0.2) is 16.7 Å². The van der Waals surface area contributed by atoms with Gasteiger partial charge in [0.1, 0.15) is 0 Å². The van der Waals surface area contributed by atoms with Crippen LogP contribution in [0.15, 0.2) is 48.5 Å². The predicted octanol–water partition coefficient (Wildman–Crippen LogP) is 2.62. The minimum atomic E-state index is -0.250. The minimum absolute atomic E-state index is 0.250. The summed E-state index contributed by atoms with van der Waals surface area (Å²) in [5.74, 6) is -0.250. The molecule has 23 heavy (non-hydrogen) atoms. The van der Waals surface area contributed by atoms with Gasteiger partial charge in [0.25, 0.3) is 11.6 Å². The van der Waals surface area contributed by atoms with Crippen molar-refractivity contribution in [3.8, 4) is 0 Å². The van der Waals surface area contributed by atoms with Crippen molar-refractivity contribution in [1.29, 1.82) is 0 Å². The number of anilines is 1. The second kappa shape index (κ2) is 5.10. The van der Waals surface area contributed by atoms with Crippen LogP contribution in [0.2, 0.25) is 5.02 Å². The highest BCUT2D eigenvalue weighted by Gasteiger charge is 2.26. The number of nitrogens with zero attached hydrogens (tertiary/aromatic N) is 3. The third-order valence-corrected chi connectivity index (χ3v) is 3.93. The van der Waals surface area contributed by atoms with Crippen molar-refractivity contribution in [3.63, 3.8) is 0 Å². The van der Waals surface area contributed by atoms with Crippen LogP contribution in [0.4, 0.5) is 5.69 Å². The van der Waals surface area contributed by atoms with E-state index in [-0.39, 0.29) is 5.91 Å². The maximum absolute atomic E-state index is 12.5. The van der Waals surface area contributed by atoms with Gasteiger partial charge in [0, 0.05) is 21.9 Å². The van der Waals surface area contributed by atoms with Crippen molar-refractivity contribution in [2.45, 2.75) is 6.92 Å². The van der Waals surface area contributed by atoms with E-state index in [0.29, 0.717) is 10.7 Å². The summed E-state index contributed by atoms with van der Waals surface area (Å²) in [5.41, 5.74) is 3.59. The number of carbonyl (C=O) groups excluding carboxylic acids is 1. The Labute approximate surface area is 136 Å². The summed E-state index contributed by atoms with van der Waals surface area (Å²) in [7, 11) is 0. The molecular weight excluding hydrogens is 314 g/mol. The van der Waals surface area contributed by atoms with E-state index in [0.717, 1.165) is 22.4 Å². The van der Waals surface area contributed by atoms with Crippen LogP contribution in [0.25, 0.3) is 11.0 Å². The van der Waals surface area contributed by atoms with Crippen molar-refractivity contribution in [3.05, 3.63) is 64.9 Å². The lowest BCUT2D eigenvalue weighted by Crippen LogP contribution is -2.29. The highest BCUT2D eigenvalue weighted by atomic mass is 35.5. The van der Waals surface area contributed by atoms with Crippen molar-refractivity contribution in [1.82, 2.24) is 14.9 Å².